The van der Waals surface area contributed by atoms with E-state index >= 15 is 0 Å². The third-order valence-corrected chi connectivity index (χ3v) is 2.36. The Morgan fingerprint density at radius 3 is 2.50 bits per heavy atom. The average molecular weight is 254 g/mol. The molecule has 1 aromatic carbocycles. The molecule has 1 amide bonds. The monoisotopic (exact) mass is 254 g/mol. The maximum absolute atomic E-state index is 11.4. The number of methoxy groups -OCH3 is 2. The molecule has 1 aromatic rings. The number of nitrogens with two attached hydrogens (primary N) is 1. The quantitative estimate of drug-likeness (QED) is 0.413. The summed E-state index contributed by atoms with van der Waals surface area (Å²) in [6.45, 7) is 0.449. The van der Waals surface area contributed by atoms with Crippen LogP contribution in [0.25, 0.3) is 0 Å². The van der Waals surface area contributed by atoms with Gasteiger partial charge in [0.05, 0.1) is 20.3 Å². The molecule has 0 aromatic heterocycles. The number of rotatable bonds is 7. The van der Waals surface area contributed by atoms with E-state index in [1.807, 2.05) is 29.7 Å². The first-order chi connectivity index (χ1) is 8.71. The molecule has 0 saturated carbocycles. The highest BCUT2D eigenvalue weighted by molar-refractivity contribution is 5.80. The molecule has 0 radical (unpaired) electrons. The summed E-state index contributed by atoms with van der Waals surface area (Å²) in [7, 11) is 3.10. The molecule has 3 N–H and O–H groups in total. The molecule has 18 heavy (non-hydrogen) atoms. The Morgan fingerprint density at radius 2 is 2.00 bits per heavy atom. The molecule has 0 fully saturated rings. The maximum atomic E-state index is 11.4. The van der Waals surface area contributed by atoms with Crippen molar-refractivity contribution >= 4 is 5.91 Å². The number of hydrazine groups is 1. The summed E-state index contributed by atoms with van der Waals surface area (Å²) in [6, 6.07) is 7.38. The van der Waals surface area contributed by atoms with Gasteiger partial charge in [-0.05, 0) is 17.7 Å². The molecule has 0 aliphatic heterocycles. The number of hydrogen-bond donors (Lipinski definition) is 2. The minimum Gasteiger partial charge on any atom is -0.497 e. The molecular formula is C12H18N2O4. The van der Waals surface area contributed by atoms with Gasteiger partial charge in [0.15, 0.2) is 6.10 Å². The van der Waals surface area contributed by atoms with E-state index in [0.29, 0.717) is 6.61 Å². The second kappa shape index (κ2) is 7.65. The topological polar surface area (TPSA) is 82.8 Å². The normalized spacial score (nSPS) is 11.9. The highest BCUT2D eigenvalue weighted by Crippen LogP contribution is 2.12. The van der Waals surface area contributed by atoms with E-state index in [2.05, 4.69) is 0 Å². The summed E-state index contributed by atoms with van der Waals surface area (Å²) in [5.41, 5.74) is 2.97. The van der Waals surface area contributed by atoms with Crippen LogP contribution in [0.3, 0.4) is 0 Å². The van der Waals surface area contributed by atoms with Crippen molar-refractivity contribution in [2.45, 2.75) is 12.7 Å². The molecule has 0 heterocycles. The van der Waals surface area contributed by atoms with Crippen molar-refractivity contribution in [3.63, 3.8) is 0 Å². The van der Waals surface area contributed by atoms with Gasteiger partial charge in [-0.3, -0.25) is 10.2 Å². The van der Waals surface area contributed by atoms with Crippen LogP contribution in [0.2, 0.25) is 0 Å². The van der Waals surface area contributed by atoms with Gasteiger partial charge in [0.2, 0.25) is 0 Å². The van der Waals surface area contributed by atoms with E-state index < -0.39 is 12.0 Å². The van der Waals surface area contributed by atoms with E-state index in [-0.39, 0.29) is 6.61 Å². The summed E-state index contributed by atoms with van der Waals surface area (Å²) in [5, 5.41) is 0. The first-order valence-corrected chi connectivity index (χ1v) is 5.45. The number of amides is 1. The molecule has 0 aliphatic rings. The van der Waals surface area contributed by atoms with Crippen molar-refractivity contribution < 1.29 is 19.0 Å². The second-order valence-electron chi connectivity index (χ2n) is 3.61. The second-order valence-corrected chi connectivity index (χ2v) is 3.61. The first-order valence-electron chi connectivity index (χ1n) is 5.45. The van der Waals surface area contributed by atoms with Crippen molar-refractivity contribution in [1.82, 2.24) is 5.43 Å². The van der Waals surface area contributed by atoms with Crippen LogP contribution in [0.5, 0.6) is 5.75 Å². The standard InChI is InChI=1S/C12H18N2O4/c1-16-8-11(12(15)14-13)18-7-9-3-5-10(17-2)6-4-9/h3-6,11H,7-8,13H2,1-2H3,(H,14,15). The summed E-state index contributed by atoms with van der Waals surface area (Å²) in [6.07, 6.45) is -0.720. The van der Waals surface area contributed by atoms with E-state index in [9.17, 15) is 4.79 Å². The van der Waals surface area contributed by atoms with Crippen LogP contribution in [0.1, 0.15) is 5.56 Å². The van der Waals surface area contributed by atoms with E-state index in [4.69, 9.17) is 20.1 Å². The van der Waals surface area contributed by atoms with Gasteiger partial charge in [-0.15, -0.1) is 0 Å². The molecule has 100 valence electrons. The van der Waals surface area contributed by atoms with Gasteiger partial charge in [0.1, 0.15) is 5.75 Å². The Kier molecular flexibility index (Phi) is 6.13. The lowest BCUT2D eigenvalue weighted by molar-refractivity contribution is -0.137. The molecule has 1 atom stereocenters. The van der Waals surface area contributed by atoms with Gasteiger partial charge < -0.3 is 14.2 Å². The summed E-state index contributed by atoms with van der Waals surface area (Å²) >= 11 is 0. The Balaban J connectivity index is 2.52. The first kappa shape index (κ1) is 14.4. The summed E-state index contributed by atoms with van der Waals surface area (Å²) in [4.78, 5) is 11.4. The molecule has 6 nitrogen and oxygen atoms in total. The maximum Gasteiger partial charge on any atom is 0.265 e. The van der Waals surface area contributed by atoms with E-state index in [1.165, 1.54) is 7.11 Å². The Hall–Kier alpha value is -1.63. The highest BCUT2D eigenvalue weighted by atomic mass is 16.5. The van der Waals surface area contributed by atoms with Crippen LogP contribution >= 0.6 is 0 Å². The Bertz CT molecular complexity index is 367. The molecule has 0 aliphatic carbocycles. The van der Waals surface area contributed by atoms with E-state index in [1.54, 1.807) is 7.11 Å². The number of carbonyl (C=O) groups is 1. The minimum atomic E-state index is -0.720. The van der Waals surface area contributed by atoms with Crippen LogP contribution in [-0.4, -0.2) is 32.8 Å². The lowest BCUT2D eigenvalue weighted by Crippen LogP contribution is -2.42. The molecule has 0 spiro atoms. The fourth-order valence-corrected chi connectivity index (χ4v) is 1.36. The summed E-state index contributed by atoms with van der Waals surface area (Å²) < 4.78 is 15.4. The Labute approximate surface area is 106 Å². The lowest BCUT2D eigenvalue weighted by Gasteiger charge is -2.15. The van der Waals surface area contributed by atoms with Crippen molar-refractivity contribution in [3.05, 3.63) is 29.8 Å². The van der Waals surface area contributed by atoms with Gasteiger partial charge in [0, 0.05) is 7.11 Å². The number of hydrogen-bond acceptors (Lipinski definition) is 5. The predicted molar refractivity (Wildman–Crippen MR) is 65.8 cm³/mol. The summed E-state index contributed by atoms with van der Waals surface area (Å²) in [5.74, 6) is 5.42. The average Bonchev–Trinajstić information content (AvgIpc) is 2.43. The van der Waals surface area contributed by atoms with Crippen molar-refractivity contribution in [2.75, 3.05) is 20.8 Å². The van der Waals surface area contributed by atoms with Crippen LogP contribution in [-0.2, 0) is 20.9 Å². The van der Waals surface area contributed by atoms with Crippen LogP contribution in [0, 0.1) is 0 Å². The molecular weight excluding hydrogens is 236 g/mol. The molecule has 6 heteroatoms. The predicted octanol–water partition coefficient (Wildman–Crippen LogP) is 0.217. The van der Waals surface area contributed by atoms with Crippen LogP contribution in [0.15, 0.2) is 24.3 Å². The van der Waals surface area contributed by atoms with Gasteiger partial charge >= 0.3 is 0 Å². The van der Waals surface area contributed by atoms with Gasteiger partial charge in [-0.1, -0.05) is 12.1 Å². The third kappa shape index (κ3) is 4.33. The fraction of sp³-hybridized carbons (Fsp3) is 0.417. The Morgan fingerprint density at radius 1 is 1.33 bits per heavy atom. The molecule has 1 rings (SSSR count). The largest absolute Gasteiger partial charge is 0.497 e. The lowest BCUT2D eigenvalue weighted by atomic mass is 10.2. The fourth-order valence-electron chi connectivity index (χ4n) is 1.36. The minimum absolute atomic E-state index is 0.152. The van der Waals surface area contributed by atoms with Crippen molar-refractivity contribution in [2.24, 2.45) is 5.84 Å². The molecule has 1 unspecified atom stereocenters. The SMILES string of the molecule is COCC(OCc1ccc(OC)cc1)C(=O)NN. The molecule has 0 saturated heterocycles. The van der Waals surface area contributed by atoms with Gasteiger partial charge in [-0.2, -0.15) is 0 Å². The van der Waals surface area contributed by atoms with Gasteiger partial charge in [-0.25, -0.2) is 5.84 Å². The van der Waals surface area contributed by atoms with Crippen molar-refractivity contribution in [3.8, 4) is 5.75 Å². The third-order valence-electron chi connectivity index (χ3n) is 2.36. The number of benzene rings is 1. The van der Waals surface area contributed by atoms with Crippen molar-refractivity contribution in [1.29, 1.82) is 0 Å². The zero-order valence-electron chi connectivity index (χ0n) is 10.5. The number of carbonyl (C=O) groups excluding carboxylic acids is 1. The highest BCUT2D eigenvalue weighted by Gasteiger charge is 2.17. The van der Waals surface area contributed by atoms with Crippen LogP contribution in [0.4, 0.5) is 0 Å². The smallest absolute Gasteiger partial charge is 0.265 e. The van der Waals surface area contributed by atoms with E-state index in [0.717, 1.165) is 11.3 Å². The zero-order valence-corrected chi connectivity index (χ0v) is 10.5. The molecule has 0 bridgehead atoms. The van der Waals surface area contributed by atoms with Gasteiger partial charge in [0.25, 0.3) is 5.91 Å². The zero-order chi connectivity index (χ0) is 13.4. The number of nitrogens with one attached hydrogen (secondary N) is 1. The number of ether oxygens (including phenoxy) is 3. The van der Waals surface area contributed by atoms with Crippen LogP contribution < -0.4 is 16.0 Å².